The van der Waals surface area contributed by atoms with Crippen molar-refractivity contribution in [3.8, 4) is 27.9 Å². The van der Waals surface area contributed by atoms with Gasteiger partial charge in [0.25, 0.3) is 0 Å². The Morgan fingerprint density at radius 1 is 0.588 bits per heavy atom. The number of aryl methyl sites for hydroxylation is 4. The topological polar surface area (TPSA) is 31.9 Å². The second-order valence-electron chi connectivity index (χ2n) is 16.2. The fourth-order valence-electron chi connectivity index (χ4n) is 7.65. The van der Waals surface area contributed by atoms with Crippen LogP contribution in [0.1, 0.15) is 74.9 Å². The van der Waals surface area contributed by atoms with E-state index in [9.17, 15) is 0 Å². The predicted octanol–water partition coefficient (Wildman–Crippen LogP) is 12.2. The molecule has 0 fully saturated rings. The molecule has 0 saturated heterocycles. The van der Waals surface area contributed by atoms with Crippen molar-refractivity contribution in [2.24, 2.45) is 0 Å². The molecule has 258 valence electrons. The van der Waals surface area contributed by atoms with Gasteiger partial charge in [-0.3, -0.25) is 0 Å². The smallest absolute Gasteiger partial charge is 0.663 e. The first-order valence-electron chi connectivity index (χ1n) is 17.7. The number of hydrogen-bond acceptors (Lipinski definition) is 1. The van der Waals surface area contributed by atoms with Crippen LogP contribution in [-0.4, -0.2) is 9.55 Å². The number of nitrogens with zero attached hydrogens (tertiary/aromatic N) is 3. The molecule has 0 atom stereocenters. The molecular weight excluding hydrogens is 804 g/mol. The number of para-hydroxylation sites is 1. The Balaban J connectivity index is 0.00000406. The largest absolute Gasteiger partial charge is 3.00 e. The second-order valence-corrected chi connectivity index (χ2v) is 16.2. The summed E-state index contributed by atoms with van der Waals surface area (Å²) in [5, 5.41) is 4.77. The number of aromatic nitrogens is 3. The van der Waals surface area contributed by atoms with Crippen LogP contribution in [0.4, 0.5) is 0 Å². The normalized spacial score (nSPS) is 12.4. The van der Waals surface area contributed by atoms with Crippen LogP contribution in [0.3, 0.4) is 0 Å². The number of benzene rings is 5. The maximum atomic E-state index is 5.30. The van der Waals surface area contributed by atoms with Crippen LogP contribution < -0.4 is 4.98 Å². The van der Waals surface area contributed by atoms with Gasteiger partial charge in [0.2, 0.25) is 0 Å². The van der Waals surface area contributed by atoms with Crippen molar-refractivity contribution in [2.75, 3.05) is 0 Å². The summed E-state index contributed by atoms with van der Waals surface area (Å²) in [7, 11) is 0. The van der Waals surface area contributed by atoms with Crippen LogP contribution in [0.5, 0.6) is 0 Å². The quantitative estimate of drug-likeness (QED) is 0.131. The van der Waals surface area contributed by atoms with Gasteiger partial charge in [0.15, 0.2) is 0 Å². The van der Waals surface area contributed by atoms with E-state index >= 15 is 0 Å². The zero-order valence-electron chi connectivity index (χ0n) is 31.2. The third-order valence-electron chi connectivity index (χ3n) is 10.5. The SMILES string of the molecule is Cc1cc(C)c(-c2cc(C(C)(C)C)cc3c2[n-]c2ccc(C(C)(C)C)cc23)[c-]c1-c1[c-]c(-n2c3ccccc3c3cccnc32)c(C)cc1C.[Au+3]. The van der Waals surface area contributed by atoms with Crippen LogP contribution in [0, 0.1) is 39.8 Å². The predicted molar refractivity (Wildman–Crippen MR) is 212 cm³/mol. The van der Waals surface area contributed by atoms with E-state index < -0.39 is 0 Å². The molecule has 0 aliphatic heterocycles. The summed E-state index contributed by atoms with van der Waals surface area (Å²) >= 11 is 0. The minimum atomic E-state index is -0.0395. The number of hydrogen-bond donors (Lipinski definition) is 0. The summed E-state index contributed by atoms with van der Waals surface area (Å²) in [4.78, 5) is 10.2. The Labute approximate surface area is 317 Å². The molecule has 0 unspecified atom stereocenters. The van der Waals surface area contributed by atoms with Crippen LogP contribution in [0.2, 0.25) is 0 Å². The van der Waals surface area contributed by atoms with Crippen molar-refractivity contribution in [1.29, 1.82) is 0 Å². The zero-order valence-corrected chi connectivity index (χ0v) is 33.4. The molecular formula is C47H44AuN3. The van der Waals surface area contributed by atoms with E-state index in [1.807, 2.05) is 12.3 Å². The molecule has 8 aromatic rings. The molecule has 5 aromatic carbocycles. The van der Waals surface area contributed by atoms with E-state index in [4.69, 9.17) is 9.97 Å². The van der Waals surface area contributed by atoms with Crippen molar-refractivity contribution in [3.05, 3.63) is 131 Å². The van der Waals surface area contributed by atoms with E-state index in [2.05, 4.69) is 159 Å². The van der Waals surface area contributed by atoms with Gasteiger partial charge in [-0.1, -0.05) is 123 Å². The summed E-state index contributed by atoms with van der Waals surface area (Å²) in [6.07, 6.45) is 1.88. The van der Waals surface area contributed by atoms with E-state index in [0.717, 1.165) is 61.1 Å². The van der Waals surface area contributed by atoms with Gasteiger partial charge in [-0.05, 0) is 56.6 Å². The Bertz CT molecular complexity index is 2600. The first-order chi connectivity index (χ1) is 23.7. The molecule has 3 heterocycles. The molecule has 0 aliphatic rings. The van der Waals surface area contributed by atoms with E-state index in [-0.39, 0.29) is 33.2 Å². The number of pyridine rings is 1. The van der Waals surface area contributed by atoms with Gasteiger partial charge >= 0.3 is 22.4 Å². The molecule has 0 bridgehead atoms. The van der Waals surface area contributed by atoms with Crippen LogP contribution in [-0.2, 0) is 33.2 Å². The Hall–Kier alpha value is -4.41. The van der Waals surface area contributed by atoms with Gasteiger partial charge in [0, 0.05) is 17.0 Å². The number of rotatable bonds is 3. The second kappa shape index (κ2) is 12.4. The fraction of sp³-hybridized carbons (Fsp3) is 0.255. The standard InChI is InChI=1S/C47H44N3.Au/c1-27-20-28(2)36(39-23-32(47(8,9)10)24-40-38-22-31(46(5,6)7)17-18-41(38)49-44(39)40)25-35(27)37-26-43(30(4)21-29(37)3)50-42-16-12-11-14-33(42)34-15-13-19-48-45(34)50;/h11-24H,1-10H3;/q-3;+3. The van der Waals surface area contributed by atoms with Gasteiger partial charge in [0.1, 0.15) is 5.65 Å². The number of fused-ring (bicyclic) bond motifs is 6. The Morgan fingerprint density at radius 2 is 1.22 bits per heavy atom. The molecule has 3 aromatic heterocycles. The minimum Gasteiger partial charge on any atom is -0.663 e. The Kier molecular flexibility index (Phi) is 8.49. The summed E-state index contributed by atoms with van der Waals surface area (Å²) in [6, 6.07) is 36.7. The molecule has 8 rings (SSSR count). The van der Waals surface area contributed by atoms with Crippen LogP contribution in [0.15, 0.2) is 85.1 Å². The molecule has 0 N–H and O–H groups in total. The van der Waals surface area contributed by atoms with Crippen molar-refractivity contribution < 1.29 is 22.4 Å². The average Bonchev–Trinajstić information content (AvgIpc) is 3.60. The molecule has 0 amide bonds. The van der Waals surface area contributed by atoms with E-state index in [1.54, 1.807) is 0 Å². The molecule has 0 spiro atoms. The Morgan fingerprint density at radius 3 is 1.94 bits per heavy atom. The van der Waals surface area contributed by atoms with Crippen molar-refractivity contribution >= 4 is 43.7 Å². The molecule has 4 heteroatoms. The van der Waals surface area contributed by atoms with Crippen LogP contribution >= 0.6 is 0 Å². The first kappa shape index (κ1) is 35.0. The summed E-state index contributed by atoms with van der Waals surface area (Å²) < 4.78 is 2.27. The van der Waals surface area contributed by atoms with Gasteiger partial charge in [-0.15, -0.1) is 34.3 Å². The molecule has 51 heavy (non-hydrogen) atoms. The van der Waals surface area contributed by atoms with Crippen molar-refractivity contribution in [1.82, 2.24) is 14.5 Å². The molecule has 3 nitrogen and oxygen atoms in total. The summed E-state index contributed by atoms with van der Waals surface area (Å²) in [5.41, 5.74) is 16.9. The van der Waals surface area contributed by atoms with Gasteiger partial charge in [0.05, 0.1) is 5.52 Å². The molecule has 0 saturated carbocycles. The van der Waals surface area contributed by atoms with Gasteiger partial charge in [-0.2, -0.15) is 34.3 Å². The monoisotopic (exact) mass is 847 g/mol. The van der Waals surface area contributed by atoms with Crippen molar-refractivity contribution in [3.63, 3.8) is 0 Å². The fourth-order valence-corrected chi connectivity index (χ4v) is 7.65. The van der Waals surface area contributed by atoms with Crippen molar-refractivity contribution in [2.45, 2.75) is 80.1 Å². The third kappa shape index (κ3) is 5.76. The van der Waals surface area contributed by atoms with Gasteiger partial charge < -0.3 is 9.55 Å². The molecule has 0 radical (unpaired) electrons. The minimum absolute atomic E-state index is 0. The summed E-state index contributed by atoms with van der Waals surface area (Å²) in [5.74, 6) is 0. The van der Waals surface area contributed by atoms with Gasteiger partial charge in [-0.25, -0.2) is 10.5 Å². The third-order valence-corrected chi connectivity index (χ3v) is 10.5. The zero-order chi connectivity index (χ0) is 35.3. The maximum Gasteiger partial charge on any atom is 3.00 e. The maximum absolute atomic E-state index is 5.30. The van der Waals surface area contributed by atoms with E-state index in [1.165, 1.54) is 44.0 Å². The van der Waals surface area contributed by atoms with Crippen LogP contribution in [0.25, 0.3) is 71.7 Å². The first-order valence-corrected chi connectivity index (χ1v) is 17.7. The average molecular weight is 848 g/mol. The molecule has 0 aliphatic carbocycles. The summed E-state index contributed by atoms with van der Waals surface area (Å²) in [6.45, 7) is 22.5. The van der Waals surface area contributed by atoms with E-state index in [0.29, 0.717) is 0 Å².